The van der Waals surface area contributed by atoms with Crippen molar-refractivity contribution >= 4 is 17.8 Å². The first-order valence-corrected chi connectivity index (χ1v) is 6.07. The highest BCUT2D eigenvalue weighted by molar-refractivity contribution is 5.43. The van der Waals surface area contributed by atoms with Gasteiger partial charge in [0.2, 0.25) is 17.8 Å². The van der Waals surface area contributed by atoms with Crippen LogP contribution < -0.4 is 15.5 Å². The lowest BCUT2D eigenvalue weighted by Gasteiger charge is -2.21. The second kappa shape index (κ2) is 4.93. The molecule has 1 saturated heterocycles. The Morgan fingerprint density at radius 2 is 1.89 bits per heavy atom. The molecule has 2 heterocycles. The predicted molar refractivity (Wildman–Crippen MR) is 72.9 cm³/mol. The van der Waals surface area contributed by atoms with Crippen LogP contribution in [0.1, 0.15) is 6.42 Å². The van der Waals surface area contributed by atoms with Gasteiger partial charge >= 0.3 is 0 Å². The van der Waals surface area contributed by atoms with Crippen molar-refractivity contribution in [2.45, 2.75) is 12.5 Å². The molecule has 0 saturated carbocycles. The first-order chi connectivity index (χ1) is 8.47. The molecule has 100 valence electrons. The van der Waals surface area contributed by atoms with E-state index in [1.54, 1.807) is 0 Å². The van der Waals surface area contributed by atoms with Crippen molar-refractivity contribution in [2.75, 3.05) is 56.8 Å². The number of nitrogens with two attached hydrogens (primary N) is 1. The summed E-state index contributed by atoms with van der Waals surface area (Å²) in [5.41, 5.74) is 5.73. The summed E-state index contributed by atoms with van der Waals surface area (Å²) in [5, 5.41) is 0. The Morgan fingerprint density at radius 1 is 1.17 bits per heavy atom. The summed E-state index contributed by atoms with van der Waals surface area (Å²) in [6.45, 7) is 1.89. The summed E-state index contributed by atoms with van der Waals surface area (Å²) in [4.78, 5) is 19.0. The van der Waals surface area contributed by atoms with Gasteiger partial charge in [0.1, 0.15) is 0 Å². The molecular weight excluding hydrogens is 230 g/mol. The molecule has 1 unspecified atom stereocenters. The van der Waals surface area contributed by atoms with Crippen molar-refractivity contribution in [1.82, 2.24) is 19.9 Å². The van der Waals surface area contributed by atoms with Crippen LogP contribution in [0.25, 0.3) is 0 Å². The fourth-order valence-electron chi connectivity index (χ4n) is 2.06. The van der Waals surface area contributed by atoms with E-state index in [-0.39, 0.29) is 5.95 Å². The molecule has 0 radical (unpaired) electrons. The Bertz CT molecular complexity index is 418. The molecule has 0 aliphatic carbocycles. The largest absolute Gasteiger partial charge is 0.368 e. The van der Waals surface area contributed by atoms with Crippen LogP contribution in [0, 0.1) is 0 Å². The molecule has 1 fully saturated rings. The number of nitrogen functional groups attached to an aromatic ring is 1. The van der Waals surface area contributed by atoms with E-state index >= 15 is 0 Å². The summed E-state index contributed by atoms with van der Waals surface area (Å²) < 4.78 is 0. The molecule has 7 nitrogen and oxygen atoms in total. The van der Waals surface area contributed by atoms with Gasteiger partial charge in [-0.05, 0) is 20.5 Å². The maximum Gasteiger partial charge on any atom is 0.232 e. The molecule has 1 aliphatic rings. The third-order valence-electron chi connectivity index (χ3n) is 3.21. The van der Waals surface area contributed by atoms with Gasteiger partial charge in [-0.2, -0.15) is 15.0 Å². The number of aromatic nitrogens is 3. The standard InChI is InChI=1S/C11H21N7/c1-16(2)8-5-6-18(7-8)11-14-9(12)13-10(15-11)17(3)4/h8H,5-7H2,1-4H3,(H2,12,13,14,15). The Morgan fingerprint density at radius 3 is 2.44 bits per heavy atom. The van der Waals surface area contributed by atoms with Crippen LogP contribution in [0.2, 0.25) is 0 Å². The normalized spacial score (nSPS) is 19.6. The molecule has 7 heteroatoms. The van der Waals surface area contributed by atoms with Gasteiger partial charge in [0, 0.05) is 33.2 Å². The lowest BCUT2D eigenvalue weighted by Crippen LogP contribution is -2.32. The lowest BCUT2D eigenvalue weighted by molar-refractivity contribution is 0.315. The summed E-state index contributed by atoms with van der Waals surface area (Å²) in [7, 11) is 7.98. The van der Waals surface area contributed by atoms with E-state index in [1.165, 1.54) is 0 Å². The first kappa shape index (κ1) is 12.8. The van der Waals surface area contributed by atoms with Crippen molar-refractivity contribution in [2.24, 2.45) is 0 Å². The first-order valence-electron chi connectivity index (χ1n) is 6.07. The number of nitrogens with zero attached hydrogens (tertiary/aromatic N) is 6. The van der Waals surface area contributed by atoms with Gasteiger partial charge in [0.15, 0.2) is 0 Å². The fourth-order valence-corrected chi connectivity index (χ4v) is 2.06. The van der Waals surface area contributed by atoms with Crippen LogP contribution in [0.5, 0.6) is 0 Å². The summed E-state index contributed by atoms with van der Waals surface area (Å²) >= 11 is 0. The van der Waals surface area contributed by atoms with Gasteiger partial charge in [0.25, 0.3) is 0 Å². The SMILES string of the molecule is CN(C)c1nc(N)nc(N2CCC(N(C)C)C2)n1. The number of anilines is 3. The zero-order valence-electron chi connectivity index (χ0n) is 11.5. The highest BCUT2D eigenvalue weighted by Gasteiger charge is 2.26. The summed E-state index contributed by atoms with van der Waals surface area (Å²) in [6, 6.07) is 0.547. The smallest absolute Gasteiger partial charge is 0.232 e. The molecule has 18 heavy (non-hydrogen) atoms. The van der Waals surface area contributed by atoms with Crippen LogP contribution in [0.4, 0.5) is 17.8 Å². The van der Waals surface area contributed by atoms with Crippen molar-refractivity contribution in [3.05, 3.63) is 0 Å². The van der Waals surface area contributed by atoms with E-state index < -0.39 is 0 Å². The number of rotatable bonds is 3. The molecule has 1 aromatic rings. The van der Waals surface area contributed by atoms with Crippen LogP contribution in [0.3, 0.4) is 0 Å². The zero-order valence-corrected chi connectivity index (χ0v) is 11.5. The predicted octanol–water partition coefficient (Wildman–Crippen LogP) is -0.340. The Balaban J connectivity index is 2.19. The highest BCUT2D eigenvalue weighted by Crippen LogP contribution is 2.20. The van der Waals surface area contributed by atoms with E-state index in [0.29, 0.717) is 17.9 Å². The number of likely N-dealkylation sites (N-methyl/N-ethyl adjacent to an activating group) is 1. The average Bonchev–Trinajstić information content (AvgIpc) is 2.77. The van der Waals surface area contributed by atoms with Gasteiger partial charge in [0.05, 0.1) is 0 Å². The minimum absolute atomic E-state index is 0.275. The van der Waals surface area contributed by atoms with Crippen LogP contribution in [-0.4, -0.2) is 67.2 Å². The van der Waals surface area contributed by atoms with E-state index in [0.717, 1.165) is 19.5 Å². The van der Waals surface area contributed by atoms with Gasteiger partial charge in [-0.25, -0.2) is 0 Å². The van der Waals surface area contributed by atoms with E-state index in [2.05, 4.69) is 38.8 Å². The van der Waals surface area contributed by atoms with E-state index in [9.17, 15) is 0 Å². The van der Waals surface area contributed by atoms with Crippen molar-refractivity contribution < 1.29 is 0 Å². The van der Waals surface area contributed by atoms with Gasteiger partial charge < -0.3 is 20.4 Å². The minimum Gasteiger partial charge on any atom is -0.368 e. The van der Waals surface area contributed by atoms with Crippen molar-refractivity contribution in [3.63, 3.8) is 0 Å². The van der Waals surface area contributed by atoms with E-state index in [4.69, 9.17) is 5.73 Å². The molecule has 1 aliphatic heterocycles. The highest BCUT2D eigenvalue weighted by atomic mass is 15.4. The maximum atomic E-state index is 5.73. The third-order valence-corrected chi connectivity index (χ3v) is 3.21. The van der Waals surface area contributed by atoms with Crippen LogP contribution >= 0.6 is 0 Å². The van der Waals surface area contributed by atoms with Gasteiger partial charge in [-0.15, -0.1) is 0 Å². The Hall–Kier alpha value is -1.63. The zero-order chi connectivity index (χ0) is 13.3. The maximum absolute atomic E-state index is 5.73. The molecule has 1 aromatic heterocycles. The fraction of sp³-hybridized carbons (Fsp3) is 0.727. The topological polar surface area (TPSA) is 74.4 Å². The second-order valence-corrected chi connectivity index (χ2v) is 5.04. The lowest BCUT2D eigenvalue weighted by atomic mass is 10.2. The summed E-state index contributed by atoms with van der Waals surface area (Å²) in [5.74, 6) is 1.55. The van der Waals surface area contributed by atoms with Crippen molar-refractivity contribution in [3.8, 4) is 0 Å². The molecule has 2 N–H and O–H groups in total. The third kappa shape index (κ3) is 2.61. The molecule has 0 amide bonds. The monoisotopic (exact) mass is 251 g/mol. The second-order valence-electron chi connectivity index (χ2n) is 5.04. The molecular formula is C11H21N7. The van der Waals surface area contributed by atoms with Gasteiger partial charge in [-0.3, -0.25) is 0 Å². The summed E-state index contributed by atoms with van der Waals surface area (Å²) in [6.07, 6.45) is 1.12. The number of hydrogen-bond donors (Lipinski definition) is 1. The molecule has 0 bridgehead atoms. The van der Waals surface area contributed by atoms with Crippen molar-refractivity contribution in [1.29, 1.82) is 0 Å². The Kier molecular flexibility index (Phi) is 3.51. The van der Waals surface area contributed by atoms with Crippen LogP contribution in [0.15, 0.2) is 0 Å². The molecule has 0 spiro atoms. The Labute approximate surface area is 108 Å². The molecule has 0 aromatic carbocycles. The molecule has 2 rings (SSSR count). The van der Waals surface area contributed by atoms with E-state index in [1.807, 2.05) is 19.0 Å². The average molecular weight is 251 g/mol. The number of hydrogen-bond acceptors (Lipinski definition) is 7. The minimum atomic E-state index is 0.275. The molecule has 1 atom stereocenters. The van der Waals surface area contributed by atoms with Gasteiger partial charge in [-0.1, -0.05) is 0 Å². The van der Waals surface area contributed by atoms with Crippen LogP contribution in [-0.2, 0) is 0 Å². The quantitative estimate of drug-likeness (QED) is 0.787.